The maximum absolute atomic E-state index is 11.7. The fourth-order valence-corrected chi connectivity index (χ4v) is 6.21. The lowest BCUT2D eigenvalue weighted by Crippen LogP contribution is -2.39. The number of hydrogen-bond donors (Lipinski definition) is 1. The zero-order valence-corrected chi connectivity index (χ0v) is 24.3. The van der Waals surface area contributed by atoms with E-state index >= 15 is 0 Å². The minimum Gasteiger partial charge on any atom is -0.438 e. The van der Waals surface area contributed by atoms with E-state index in [1.54, 1.807) is 29.7 Å². The van der Waals surface area contributed by atoms with E-state index in [1.807, 2.05) is 54.9 Å². The zero-order valence-electron chi connectivity index (χ0n) is 22.7. The van der Waals surface area contributed by atoms with Crippen molar-refractivity contribution < 1.29 is 13.2 Å². The van der Waals surface area contributed by atoms with E-state index in [9.17, 15) is 13.7 Å². The first-order chi connectivity index (χ1) is 19.2. The second-order valence-corrected chi connectivity index (χ2v) is 13.0. The number of benzene rings is 2. The second kappa shape index (κ2) is 11.8. The largest absolute Gasteiger partial charge is 0.438 e. The van der Waals surface area contributed by atoms with Gasteiger partial charge in [0.05, 0.1) is 22.1 Å². The van der Waals surface area contributed by atoms with Crippen molar-refractivity contribution in [1.82, 2.24) is 14.9 Å². The fourth-order valence-electron chi connectivity index (χ4n) is 4.92. The number of anilines is 1. The molecular formula is C30H31N5O3S2. The maximum Gasteiger partial charge on any atom is 0.232 e. The molecule has 1 fully saturated rings. The number of nitriles is 1. The molecule has 0 saturated carbocycles. The molecule has 2 aromatic heterocycles. The molecule has 1 saturated heterocycles. The second-order valence-electron chi connectivity index (χ2n) is 10.2. The number of likely N-dealkylation sites (tertiary alicyclic amines) is 1. The van der Waals surface area contributed by atoms with Crippen LogP contribution in [-0.4, -0.2) is 48.7 Å². The summed E-state index contributed by atoms with van der Waals surface area (Å²) >= 11 is 1.60. The highest BCUT2D eigenvalue weighted by Gasteiger charge is 2.22. The molecule has 5 rings (SSSR count). The number of sulfone groups is 1. The highest BCUT2D eigenvalue weighted by molar-refractivity contribution is 7.90. The maximum atomic E-state index is 11.7. The van der Waals surface area contributed by atoms with Gasteiger partial charge in [-0.1, -0.05) is 12.1 Å². The Labute approximate surface area is 239 Å². The molecule has 0 unspecified atom stereocenters. The summed E-state index contributed by atoms with van der Waals surface area (Å²) in [5, 5.41) is 16.9. The van der Waals surface area contributed by atoms with Crippen molar-refractivity contribution in [3.05, 3.63) is 81.7 Å². The van der Waals surface area contributed by atoms with Gasteiger partial charge in [-0.3, -0.25) is 4.90 Å². The number of aryl methyl sites for hydroxylation is 2. The molecule has 40 heavy (non-hydrogen) atoms. The molecule has 0 aliphatic carbocycles. The summed E-state index contributed by atoms with van der Waals surface area (Å²) in [5.74, 6) is 1.69. The Bertz CT molecular complexity index is 1610. The van der Waals surface area contributed by atoms with E-state index in [4.69, 9.17) is 9.72 Å². The SMILES string of the molecule is Cc1cc(C#N)cc(C)c1Oc1nc(NC2CCN(Cc3ccc(S(C)(=O)=O)cc3)CC2)ncc1-c1ccsc1. The normalized spacial score (nSPS) is 14.6. The first kappa shape index (κ1) is 27.8. The summed E-state index contributed by atoms with van der Waals surface area (Å²) in [6, 6.07) is 15.2. The topological polar surface area (TPSA) is 108 Å². The summed E-state index contributed by atoms with van der Waals surface area (Å²) in [7, 11) is -3.19. The number of piperidine rings is 1. The molecule has 10 heteroatoms. The van der Waals surface area contributed by atoms with Crippen LogP contribution in [0.1, 0.15) is 35.1 Å². The van der Waals surface area contributed by atoms with Crippen molar-refractivity contribution >= 4 is 27.1 Å². The first-order valence-electron chi connectivity index (χ1n) is 13.1. The van der Waals surface area contributed by atoms with Gasteiger partial charge in [0.2, 0.25) is 11.8 Å². The molecule has 1 N–H and O–H groups in total. The third-order valence-corrected chi connectivity index (χ3v) is 8.86. The van der Waals surface area contributed by atoms with Crippen LogP contribution in [0.15, 0.2) is 64.3 Å². The molecule has 8 nitrogen and oxygen atoms in total. The van der Waals surface area contributed by atoms with Crippen molar-refractivity contribution in [2.24, 2.45) is 0 Å². The number of rotatable bonds is 8. The van der Waals surface area contributed by atoms with Crippen LogP contribution in [0.2, 0.25) is 0 Å². The van der Waals surface area contributed by atoms with Gasteiger partial charge in [-0.25, -0.2) is 13.4 Å². The molecule has 3 heterocycles. The monoisotopic (exact) mass is 573 g/mol. The van der Waals surface area contributed by atoms with Crippen molar-refractivity contribution in [3.8, 4) is 28.8 Å². The van der Waals surface area contributed by atoms with Crippen molar-refractivity contribution in [3.63, 3.8) is 0 Å². The van der Waals surface area contributed by atoms with E-state index < -0.39 is 9.84 Å². The molecule has 0 spiro atoms. The number of aromatic nitrogens is 2. The number of ether oxygens (including phenoxy) is 1. The minimum absolute atomic E-state index is 0.224. The number of hydrogen-bond acceptors (Lipinski definition) is 9. The van der Waals surface area contributed by atoms with Crippen molar-refractivity contribution in [2.45, 2.75) is 44.2 Å². The minimum atomic E-state index is -3.19. The number of nitrogens with one attached hydrogen (secondary N) is 1. The lowest BCUT2D eigenvalue weighted by Gasteiger charge is -2.32. The molecule has 206 valence electrons. The average Bonchev–Trinajstić information content (AvgIpc) is 3.46. The quantitative estimate of drug-likeness (QED) is 0.275. The third kappa shape index (κ3) is 6.50. The molecule has 1 aliphatic heterocycles. The molecule has 4 aromatic rings. The van der Waals surface area contributed by atoms with Crippen LogP contribution in [0.5, 0.6) is 11.6 Å². The van der Waals surface area contributed by atoms with Crippen LogP contribution >= 0.6 is 11.3 Å². The predicted molar refractivity (Wildman–Crippen MR) is 158 cm³/mol. The summed E-state index contributed by atoms with van der Waals surface area (Å²) in [6.07, 6.45) is 4.89. The standard InChI is InChI=1S/C30H31N5O3S2/c1-20-14-23(16-31)15-21(2)28(20)38-29-27(24-10-13-39-19-24)17-32-30(34-29)33-25-8-11-35(12-9-25)18-22-4-6-26(7-5-22)40(3,36)37/h4-7,10,13-15,17,19,25H,8-9,11-12,18H2,1-3H3,(H,32,33,34). The smallest absolute Gasteiger partial charge is 0.232 e. The van der Waals surface area contributed by atoms with Gasteiger partial charge in [-0.15, -0.1) is 0 Å². The summed E-state index contributed by atoms with van der Waals surface area (Å²) < 4.78 is 29.8. The molecule has 1 aliphatic rings. The van der Waals surface area contributed by atoms with Crippen LogP contribution in [0.25, 0.3) is 11.1 Å². The van der Waals surface area contributed by atoms with E-state index in [-0.39, 0.29) is 6.04 Å². The third-order valence-electron chi connectivity index (χ3n) is 7.05. The van der Waals surface area contributed by atoms with Gasteiger partial charge in [0.25, 0.3) is 0 Å². The highest BCUT2D eigenvalue weighted by atomic mass is 32.2. The Hall–Kier alpha value is -3.78. The van der Waals surface area contributed by atoms with E-state index in [1.165, 1.54) is 6.26 Å². The molecular weight excluding hydrogens is 542 g/mol. The van der Waals surface area contributed by atoms with Crippen LogP contribution in [0.3, 0.4) is 0 Å². The average molecular weight is 574 g/mol. The highest BCUT2D eigenvalue weighted by Crippen LogP contribution is 2.36. The fraction of sp³-hybridized carbons (Fsp3) is 0.300. The van der Waals surface area contributed by atoms with Crippen LogP contribution < -0.4 is 10.1 Å². The lowest BCUT2D eigenvalue weighted by molar-refractivity contribution is 0.211. The van der Waals surface area contributed by atoms with Gasteiger partial charge in [-0.2, -0.15) is 21.6 Å². The van der Waals surface area contributed by atoms with Gasteiger partial charge in [0.15, 0.2) is 9.84 Å². The summed E-state index contributed by atoms with van der Waals surface area (Å²) in [6.45, 7) is 6.46. The van der Waals surface area contributed by atoms with Crippen molar-refractivity contribution in [2.75, 3.05) is 24.7 Å². The summed E-state index contributed by atoms with van der Waals surface area (Å²) in [4.78, 5) is 12.1. The molecule has 0 bridgehead atoms. The van der Waals surface area contributed by atoms with Gasteiger partial charge in [-0.05, 0) is 90.0 Å². The molecule has 0 radical (unpaired) electrons. The van der Waals surface area contributed by atoms with Gasteiger partial charge in [0.1, 0.15) is 5.75 Å². The van der Waals surface area contributed by atoms with Crippen LogP contribution in [-0.2, 0) is 16.4 Å². The van der Waals surface area contributed by atoms with E-state index in [0.29, 0.717) is 28.0 Å². The first-order valence-corrected chi connectivity index (χ1v) is 15.9. The zero-order chi connectivity index (χ0) is 28.3. The van der Waals surface area contributed by atoms with Gasteiger partial charge in [0, 0.05) is 38.1 Å². The van der Waals surface area contributed by atoms with Crippen LogP contribution in [0, 0.1) is 25.2 Å². The van der Waals surface area contributed by atoms with Gasteiger partial charge < -0.3 is 10.1 Å². The van der Waals surface area contributed by atoms with E-state index in [0.717, 1.165) is 60.3 Å². The molecule has 2 aromatic carbocycles. The Kier molecular flexibility index (Phi) is 8.17. The Morgan fingerprint density at radius 3 is 2.42 bits per heavy atom. The Morgan fingerprint density at radius 1 is 1.12 bits per heavy atom. The Balaban J connectivity index is 1.27. The Morgan fingerprint density at radius 2 is 1.82 bits per heavy atom. The molecule has 0 amide bonds. The van der Waals surface area contributed by atoms with Gasteiger partial charge >= 0.3 is 0 Å². The van der Waals surface area contributed by atoms with Crippen LogP contribution in [0.4, 0.5) is 5.95 Å². The summed E-state index contributed by atoms with van der Waals surface area (Å²) in [5.41, 5.74) is 5.25. The number of thiophene rings is 1. The predicted octanol–water partition coefficient (Wildman–Crippen LogP) is 5.97. The number of nitrogens with zero attached hydrogens (tertiary/aromatic N) is 4. The lowest BCUT2D eigenvalue weighted by atomic mass is 10.0. The van der Waals surface area contributed by atoms with Crippen molar-refractivity contribution in [1.29, 1.82) is 5.26 Å². The van der Waals surface area contributed by atoms with E-state index in [2.05, 4.69) is 21.3 Å². The molecule has 0 atom stereocenters.